The first-order chi connectivity index (χ1) is 12.8. The van der Waals surface area contributed by atoms with E-state index in [1.54, 1.807) is 6.08 Å². The van der Waals surface area contributed by atoms with Crippen molar-refractivity contribution in [1.29, 1.82) is 0 Å². The van der Waals surface area contributed by atoms with Crippen molar-refractivity contribution in [1.82, 2.24) is 0 Å². The smallest absolute Gasteiger partial charge is 0.312 e. The minimum Gasteiger partial charge on any atom is -0.461 e. The highest BCUT2D eigenvalue weighted by Crippen LogP contribution is 2.54. The zero-order chi connectivity index (χ0) is 18.2. The molecule has 0 heterocycles. The number of hydrogen-bond donors (Lipinski definition) is 0. The van der Waals surface area contributed by atoms with E-state index in [2.05, 4.69) is 6.58 Å². The van der Waals surface area contributed by atoms with Crippen LogP contribution in [0.3, 0.4) is 0 Å². The summed E-state index contributed by atoms with van der Waals surface area (Å²) in [5, 5.41) is 0. The Morgan fingerprint density at radius 2 is 1.27 bits per heavy atom. The largest absolute Gasteiger partial charge is 0.461 e. The van der Waals surface area contributed by atoms with Crippen molar-refractivity contribution in [3.8, 4) is 0 Å². The lowest BCUT2D eigenvalue weighted by molar-refractivity contribution is -0.169. The summed E-state index contributed by atoms with van der Waals surface area (Å²) < 4.78 is 5.85. The monoisotopic (exact) mass is 360 g/mol. The predicted molar refractivity (Wildman–Crippen MR) is 108 cm³/mol. The topological polar surface area (TPSA) is 26.3 Å². The fraction of sp³-hybridized carbons (Fsp3) is 0.875. The molecule has 0 radical (unpaired) electrons. The lowest BCUT2D eigenvalue weighted by atomic mass is 9.55. The van der Waals surface area contributed by atoms with Crippen molar-refractivity contribution < 1.29 is 9.53 Å². The molecule has 3 aliphatic carbocycles. The van der Waals surface area contributed by atoms with Crippen LogP contribution in [-0.4, -0.2) is 12.6 Å². The van der Waals surface area contributed by atoms with Crippen molar-refractivity contribution >= 4 is 5.97 Å². The molecule has 3 fully saturated rings. The third-order valence-electron chi connectivity index (χ3n) is 7.73. The van der Waals surface area contributed by atoms with E-state index in [-0.39, 0.29) is 11.4 Å². The van der Waals surface area contributed by atoms with Crippen LogP contribution in [0.2, 0.25) is 0 Å². The summed E-state index contributed by atoms with van der Waals surface area (Å²) in [5.74, 6) is 1.99. The van der Waals surface area contributed by atoms with Crippen LogP contribution in [0, 0.1) is 23.2 Å². The van der Waals surface area contributed by atoms with Gasteiger partial charge in [-0.2, -0.15) is 0 Å². The standard InChI is InChI=1S/C24H40O2/c1-2-18-26-23(25)24(21-14-8-4-9-15-21,22-16-10-5-11-17-22)19-20-12-6-3-7-13-20/h2,20-22H,1,3-19H2. The summed E-state index contributed by atoms with van der Waals surface area (Å²) in [6.07, 6.45) is 22.5. The number of rotatable bonds is 7. The lowest BCUT2D eigenvalue weighted by Gasteiger charge is -2.49. The molecule has 0 aromatic rings. The van der Waals surface area contributed by atoms with E-state index in [1.807, 2.05) is 0 Å². The fourth-order valence-corrected chi connectivity index (χ4v) is 6.46. The maximum atomic E-state index is 13.6. The fourth-order valence-electron chi connectivity index (χ4n) is 6.46. The maximum absolute atomic E-state index is 13.6. The first-order valence-corrected chi connectivity index (χ1v) is 11.6. The summed E-state index contributed by atoms with van der Waals surface area (Å²) in [6.45, 7) is 4.16. The molecule has 0 aliphatic heterocycles. The first-order valence-electron chi connectivity index (χ1n) is 11.6. The highest BCUT2D eigenvalue weighted by Gasteiger charge is 2.53. The van der Waals surface area contributed by atoms with Gasteiger partial charge in [-0.15, -0.1) is 0 Å². The number of esters is 1. The van der Waals surface area contributed by atoms with Gasteiger partial charge in [-0.05, 0) is 49.9 Å². The third kappa shape index (κ3) is 4.54. The molecule has 3 aliphatic rings. The molecule has 0 aromatic heterocycles. The predicted octanol–water partition coefficient (Wildman–Crippen LogP) is 6.83. The van der Waals surface area contributed by atoms with Crippen LogP contribution < -0.4 is 0 Å². The summed E-state index contributed by atoms with van der Waals surface area (Å²) in [7, 11) is 0. The van der Waals surface area contributed by atoms with Crippen molar-refractivity contribution in [3.63, 3.8) is 0 Å². The first kappa shape index (κ1) is 20.0. The molecular weight excluding hydrogens is 320 g/mol. The van der Waals surface area contributed by atoms with E-state index in [0.29, 0.717) is 18.4 Å². The molecule has 0 N–H and O–H groups in total. The highest BCUT2D eigenvalue weighted by atomic mass is 16.5. The minimum atomic E-state index is -0.203. The molecule has 3 rings (SSSR count). The normalized spacial score (nSPS) is 24.3. The second-order valence-electron chi connectivity index (χ2n) is 9.31. The molecule has 0 saturated heterocycles. The van der Waals surface area contributed by atoms with Crippen LogP contribution >= 0.6 is 0 Å². The molecule has 2 nitrogen and oxygen atoms in total. The summed E-state index contributed by atoms with van der Waals surface area (Å²) in [5.41, 5.74) is -0.203. The average molecular weight is 361 g/mol. The number of hydrogen-bond acceptors (Lipinski definition) is 2. The molecule has 3 saturated carbocycles. The molecule has 148 valence electrons. The van der Waals surface area contributed by atoms with Crippen LogP contribution in [-0.2, 0) is 9.53 Å². The van der Waals surface area contributed by atoms with Crippen molar-refractivity contribution in [2.45, 2.75) is 103 Å². The SMILES string of the molecule is C=CCOC(=O)C(CC1CCCCC1)(C1CCCCC1)C1CCCCC1. The van der Waals surface area contributed by atoms with Crippen molar-refractivity contribution in [2.24, 2.45) is 23.2 Å². The van der Waals surface area contributed by atoms with Gasteiger partial charge >= 0.3 is 5.97 Å². The van der Waals surface area contributed by atoms with Gasteiger partial charge in [0.25, 0.3) is 0 Å². The van der Waals surface area contributed by atoms with Gasteiger partial charge in [0.15, 0.2) is 0 Å². The molecule has 26 heavy (non-hydrogen) atoms. The van der Waals surface area contributed by atoms with Gasteiger partial charge in [0.05, 0.1) is 5.41 Å². The quantitative estimate of drug-likeness (QED) is 0.367. The number of ether oxygens (including phenoxy) is 1. The third-order valence-corrected chi connectivity index (χ3v) is 7.73. The Kier molecular flexibility index (Phi) is 7.64. The zero-order valence-electron chi connectivity index (χ0n) is 16.9. The Labute approximate surface area is 161 Å². The van der Waals surface area contributed by atoms with E-state index in [9.17, 15) is 4.79 Å². The molecule has 0 atom stereocenters. The van der Waals surface area contributed by atoms with E-state index >= 15 is 0 Å². The van der Waals surface area contributed by atoms with Crippen LogP contribution in [0.5, 0.6) is 0 Å². The van der Waals surface area contributed by atoms with E-state index in [1.165, 1.54) is 96.3 Å². The molecule has 2 heteroatoms. The second kappa shape index (κ2) is 9.95. The van der Waals surface area contributed by atoms with Crippen LogP contribution in [0.25, 0.3) is 0 Å². The number of carbonyl (C=O) groups excluding carboxylic acids is 1. The zero-order valence-corrected chi connectivity index (χ0v) is 16.9. The van der Waals surface area contributed by atoms with Crippen LogP contribution in [0.15, 0.2) is 12.7 Å². The van der Waals surface area contributed by atoms with E-state index in [4.69, 9.17) is 4.74 Å². The lowest BCUT2D eigenvalue weighted by Crippen LogP contribution is -2.49. The van der Waals surface area contributed by atoms with Gasteiger partial charge in [-0.3, -0.25) is 4.79 Å². The Bertz CT molecular complexity index is 419. The van der Waals surface area contributed by atoms with Crippen molar-refractivity contribution in [3.05, 3.63) is 12.7 Å². The average Bonchev–Trinajstić information content (AvgIpc) is 2.72. The van der Waals surface area contributed by atoms with Crippen LogP contribution in [0.1, 0.15) is 103 Å². The van der Waals surface area contributed by atoms with Gasteiger partial charge in [0.1, 0.15) is 6.61 Å². The highest BCUT2D eigenvalue weighted by molar-refractivity contribution is 5.78. The van der Waals surface area contributed by atoms with Crippen LogP contribution in [0.4, 0.5) is 0 Å². The Morgan fingerprint density at radius 3 is 1.73 bits per heavy atom. The molecule has 0 amide bonds. The Hall–Kier alpha value is -0.790. The molecule has 0 unspecified atom stereocenters. The minimum absolute atomic E-state index is 0.141. The number of carbonyl (C=O) groups is 1. The Morgan fingerprint density at radius 1 is 0.808 bits per heavy atom. The summed E-state index contributed by atoms with van der Waals surface area (Å²) in [6, 6.07) is 0. The van der Waals surface area contributed by atoms with Gasteiger partial charge in [-0.1, -0.05) is 83.3 Å². The van der Waals surface area contributed by atoms with E-state index < -0.39 is 0 Å². The summed E-state index contributed by atoms with van der Waals surface area (Å²) >= 11 is 0. The Balaban J connectivity index is 1.89. The van der Waals surface area contributed by atoms with Gasteiger partial charge in [0, 0.05) is 0 Å². The summed E-state index contributed by atoms with van der Waals surface area (Å²) in [4.78, 5) is 13.6. The molecule has 0 aromatic carbocycles. The van der Waals surface area contributed by atoms with Gasteiger partial charge in [-0.25, -0.2) is 0 Å². The molecule has 0 bridgehead atoms. The molecular formula is C24H40O2. The maximum Gasteiger partial charge on any atom is 0.312 e. The van der Waals surface area contributed by atoms with Gasteiger partial charge in [0.2, 0.25) is 0 Å². The van der Waals surface area contributed by atoms with Crippen molar-refractivity contribution in [2.75, 3.05) is 6.61 Å². The molecule has 0 spiro atoms. The van der Waals surface area contributed by atoms with E-state index in [0.717, 1.165) is 12.3 Å². The van der Waals surface area contributed by atoms with Gasteiger partial charge < -0.3 is 4.74 Å². The second-order valence-corrected chi connectivity index (χ2v) is 9.31.